The molecular formula is C18H19BrClNO2. The third kappa shape index (κ3) is 4.72. The highest BCUT2D eigenvalue weighted by Crippen LogP contribution is 2.37. The molecule has 0 unspecified atom stereocenters. The van der Waals surface area contributed by atoms with Crippen molar-refractivity contribution in [2.75, 3.05) is 7.11 Å². The van der Waals surface area contributed by atoms with Crippen LogP contribution in [0, 0.1) is 0 Å². The van der Waals surface area contributed by atoms with E-state index < -0.39 is 0 Å². The van der Waals surface area contributed by atoms with Gasteiger partial charge in [0.25, 0.3) is 0 Å². The van der Waals surface area contributed by atoms with E-state index in [1.807, 2.05) is 43.3 Å². The quantitative estimate of drug-likeness (QED) is 0.557. The van der Waals surface area contributed by atoms with E-state index in [0.29, 0.717) is 16.5 Å². The average molecular weight is 397 g/mol. The molecule has 0 N–H and O–H groups in total. The fourth-order valence-corrected chi connectivity index (χ4v) is 2.56. The van der Waals surface area contributed by atoms with Gasteiger partial charge in [0, 0.05) is 10.7 Å². The summed E-state index contributed by atoms with van der Waals surface area (Å²) in [7, 11) is 1.60. The molecule has 2 rings (SSSR count). The topological polar surface area (TPSA) is 30.8 Å². The standard InChI is InChI=1S/C18H19BrClNO2/c1-4-12(2)23-18-15(20)9-13(10-17(18)22-3)11-21-16-8-6-5-7-14(16)19/h5-12H,4H2,1-3H3/t12-/m0/s1. The fourth-order valence-electron chi connectivity index (χ4n) is 1.91. The van der Waals surface area contributed by atoms with Crippen LogP contribution in [0.3, 0.4) is 0 Å². The highest BCUT2D eigenvalue weighted by Gasteiger charge is 2.14. The van der Waals surface area contributed by atoms with E-state index in [1.54, 1.807) is 13.3 Å². The molecular weight excluding hydrogens is 378 g/mol. The molecule has 0 aromatic heterocycles. The first-order valence-corrected chi connectivity index (χ1v) is 8.55. The summed E-state index contributed by atoms with van der Waals surface area (Å²) in [6, 6.07) is 11.5. The van der Waals surface area contributed by atoms with Crippen molar-refractivity contribution in [3.63, 3.8) is 0 Å². The first-order valence-electron chi connectivity index (χ1n) is 7.38. The number of para-hydroxylation sites is 1. The van der Waals surface area contributed by atoms with Crippen molar-refractivity contribution in [1.29, 1.82) is 0 Å². The predicted molar refractivity (Wildman–Crippen MR) is 99.8 cm³/mol. The van der Waals surface area contributed by atoms with Crippen LogP contribution in [0.2, 0.25) is 5.02 Å². The van der Waals surface area contributed by atoms with Crippen molar-refractivity contribution >= 4 is 39.4 Å². The third-order valence-corrected chi connectivity index (χ3v) is 4.30. The highest BCUT2D eigenvalue weighted by molar-refractivity contribution is 9.10. The van der Waals surface area contributed by atoms with Crippen molar-refractivity contribution < 1.29 is 9.47 Å². The van der Waals surface area contributed by atoms with Gasteiger partial charge >= 0.3 is 0 Å². The van der Waals surface area contributed by atoms with Crippen molar-refractivity contribution in [2.24, 2.45) is 4.99 Å². The second-order valence-corrected chi connectivity index (χ2v) is 6.34. The molecule has 0 bridgehead atoms. The summed E-state index contributed by atoms with van der Waals surface area (Å²) in [6.45, 7) is 4.06. The Hall–Kier alpha value is -1.52. The maximum Gasteiger partial charge on any atom is 0.180 e. The molecule has 1 atom stereocenters. The second kappa shape index (κ2) is 8.37. The van der Waals surface area contributed by atoms with E-state index in [9.17, 15) is 0 Å². The number of benzene rings is 2. The Bertz CT molecular complexity index is 703. The van der Waals surface area contributed by atoms with Crippen LogP contribution in [0.15, 0.2) is 45.9 Å². The second-order valence-electron chi connectivity index (χ2n) is 5.08. The average Bonchev–Trinajstić information content (AvgIpc) is 2.55. The summed E-state index contributed by atoms with van der Waals surface area (Å²) >= 11 is 9.83. The largest absolute Gasteiger partial charge is 0.493 e. The van der Waals surface area contributed by atoms with Gasteiger partial charge in [-0.3, -0.25) is 4.99 Å². The normalized spacial score (nSPS) is 12.4. The Labute approximate surface area is 150 Å². The smallest absolute Gasteiger partial charge is 0.180 e. The number of aliphatic imine (C=N–C) groups is 1. The molecule has 2 aromatic rings. The Morgan fingerprint density at radius 1 is 1.30 bits per heavy atom. The van der Waals surface area contributed by atoms with Crippen LogP contribution in [-0.4, -0.2) is 19.4 Å². The first kappa shape index (κ1) is 17.8. The molecule has 0 saturated carbocycles. The maximum atomic E-state index is 6.35. The number of hydrogen-bond acceptors (Lipinski definition) is 3. The Kier molecular flexibility index (Phi) is 6.48. The van der Waals surface area contributed by atoms with Crippen molar-refractivity contribution in [3.8, 4) is 11.5 Å². The van der Waals surface area contributed by atoms with Crippen LogP contribution in [0.5, 0.6) is 11.5 Å². The van der Waals surface area contributed by atoms with Crippen molar-refractivity contribution in [2.45, 2.75) is 26.4 Å². The van der Waals surface area contributed by atoms with E-state index in [2.05, 4.69) is 27.8 Å². The number of halogens is 2. The van der Waals surface area contributed by atoms with Gasteiger partial charge in [0.1, 0.15) is 0 Å². The number of nitrogens with zero attached hydrogens (tertiary/aromatic N) is 1. The number of rotatable bonds is 6. The van der Waals surface area contributed by atoms with Gasteiger partial charge in [-0.05, 0) is 59.1 Å². The van der Waals surface area contributed by atoms with Gasteiger partial charge in [0.15, 0.2) is 11.5 Å². The Morgan fingerprint density at radius 2 is 2.04 bits per heavy atom. The van der Waals surface area contributed by atoms with Crippen LogP contribution < -0.4 is 9.47 Å². The fraction of sp³-hybridized carbons (Fsp3) is 0.278. The van der Waals surface area contributed by atoms with E-state index in [1.165, 1.54) is 0 Å². The highest BCUT2D eigenvalue weighted by atomic mass is 79.9. The van der Waals surface area contributed by atoms with Gasteiger partial charge in [-0.15, -0.1) is 0 Å². The molecule has 0 radical (unpaired) electrons. The SMILES string of the molecule is CC[C@H](C)Oc1c(Cl)cc(C=Nc2ccccc2Br)cc1OC. The Balaban J connectivity index is 2.31. The summed E-state index contributed by atoms with van der Waals surface area (Å²) in [5.41, 5.74) is 1.70. The number of hydrogen-bond donors (Lipinski definition) is 0. The molecule has 3 nitrogen and oxygen atoms in total. The van der Waals surface area contributed by atoms with Crippen LogP contribution in [0.25, 0.3) is 0 Å². The van der Waals surface area contributed by atoms with E-state index in [0.717, 1.165) is 22.1 Å². The monoisotopic (exact) mass is 395 g/mol. The van der Waals surface area contributed by atoms with Crippen LogP contribution in [0.4, 0.5) is 5.69 Å². The first-order chi connectivity index (χ1) is 11.0. The van der Waals surface area contributed by atoms with Crippen molar-refractivity contribution in [1.82, 2.24) is 0 Å². The molecule has 0 aliphatic heterocycles. The van der Waals surface area contributed by atoms with Gasteiger partial charge in [-0.1, -0.05) is 30.7 Å². The minimum Gasteiger partial charge on any atom is -0.493 e. The molecule has 0 fully saturated rings. The molecule has 2 aromatic carbocycles. The summed E-state index contributed by atoms with van der Waals surface area (Å²) in [5.74, 6) is 1.17. The van der Waals surface area contributed by atoms with Gasteiger partial charge in [-0.25, -0.2) is 0 Å². The summed E-state index contributed by atoms with van der Waals surface area (Å²) < 4.78 is 12.2. The minimum absolute atomic E-state index is 0.0705. The zero-order valence-electron chi connectivity index (χ0n) is 13.3. The van der Waals surface area contributed by atoms with Gasteiger partial charge in [0.2, 0.25) is 0 Å². The minimum atomic E-state index is 0.0705. The molecule has 5 heteroatoms. The molecule has 0 aliphatic carbocycles. The van der Waals surface area contributed by atoms with Crippen LogP contribution in [-0.2, 0) is 0 Å². The molecule has 122 valence electrons. The van der Waals surface area contributed by atoms with Crippen LogP contribution in [0.1, 0.15) is 25.8 Å². The molecule has 0 aliphatic rings. The molecule has 0 saturated heterocycles. The molecule has 0 amide bonds. The van der Waals surface area contributed by atoms with Gasteiger partial charge < -0.3 is 9.47 Å². The van der Waals surface area contributed by atoms with Gasteiger partial charge in [0.05, 0.1) is 23.9 Å². The zero-order chi connectivity index (χ0) is 16.8. The van der Waals surface area contributed by atoms with Crippen molar-refractivity contribution in [3.05, 3.63) is 51.5 Å². The predicted octanol–water partition coefficient (Wildman–Crippen LogP) is 6.04. The van der Waals surface area contributed by atoms with Gasteiger partial charge in [-0.2, -0.15) is 0 Å². The molecule has 23 heavy (non-hydrogen) atoms. The molecule has 0 spiro atoms. The maximum absolute atomic E-state index is 6.35. The summed E-state index contributed by atoms with van der Waals surface area (Å²) in [4.78, 5) is 4.47. The lowest BCUT2D eigenvalue weighted by Crippen LogP contribution is -2.11. The lowest BCUT2D eigenvalue weighted by molar-refractivity contribution is 0.208. The number of ether oxygens (including phenoxy) is 2. The molecule has 0 heterocycles. The lowest BCUT2D eigenvalue weighted by atomic mass is 10.2. The summed E-state index contributed by atoms with van der Waals surface area (Å²) in [5, 5.41) is 0.512. The van der Waals surface area contributed by atoms with Crippen LogP contribution >= 0.6 is 27.5 Å². The number of methoxy groups -OCH3 is 1. The summed E-state index contributed by atoms with van der Waals surface area (Å²) in [6.07, 6.45) is 2.72. The van der Waals surface area contributed by atoms with E-state index in [4.69, 9.17) is 21.1 Å². The lowest BCUT2D eigenvalue weighted by Gasteiger charge is -2.17. The zero-order valence-corrected chi connectivity index (χ0v) is 15.7. The van der Waals surface area contributed by atoms with E-state index >= 15 is 0 Å². The van der Waals surface area contributed by atoms with E-state index in [-0.39, 0.29) is 6.10 Å². The Morgan fingerprint density at radius 3 is 2.70 bits per heavy atom. The third-order valence-electron chi connectivity index (χ3n) is 3.35.